The molecule has 0 bridgehead atoms. The van der Waals surface area contributed by atoms with E-state index < -0.39 is 12.1 Å². The summed E-state index contributed by atoms with van der Waals surface area (Å²) in [7, 11) is 0. The lowest BCUT2D eigenvalue weighted by atomic mass is 9.99. The maximum absolute atomic E-state index is 12.4. The van der Waals surface area contributed by atoms with E-state index in [4.69, 9.17) is 16.3 Å². The highest BCUT2D eigenvalue weighted by Crippen LogP contribution is 2.30. The Labute approximate surface area is 156 Å². The lowest BCUT2D eigenvalue weighted by Gasteiger charge is -2.15. The third-order valence-electron chi connectivity index (χ3n) is 4.20. The number of hydrogen-bond donors (Lipinski definition) is 1. The first kappa shape index (κ1) is 18.0. The lowest BCUT2D eigenvalue weighted by molar-refractivity contribution is -0.124. The Hall–Kier alpha value is -1.85. The third kappa shape index (κ3) is 4.41. The summed E-state index contributed by atoms with van der Waals surface area (Å²) in [5, 5.41) is 3.28. The van der Waals surface area contributed by atoms with Gasteiger partial charge in [-0.25, -0.2) is 4.79 Å². The van der Waals surface area contributed by atoms with Crippen LogP contribution in [0.4, 0.5) is 5.69 Å². The molecule has 1 N–H and O–H groups in total. The van der Waals surface area contributed by atoms with E-state index in [9.17, 15) is 9.59 Å². The zero-order valence-corrected chi connectivity index (χ0v) is 15.6. The van der Waals surface area contributed by atoms with E-state index >= 15 is 0 Å². The predicted molar refractivity (Wildman–Crippen MR) is 101 cm³/mol. The fraction of sp³-hybridized carbons (Fsp3) is 0.368. The molecule has 1 aromatic carbocycles. The van der Waals surface area contributed by atoms with E-state index in [0.29, 0.717) is 22.0 Å². The number of fused-ring (bicyclic) bond motifs is 1. The Morgan fingerprint density at radius 2 is 2.08 bits per heavy atom. The molecule has 1 aliphatic carbocycles. The molecule has 0 radical (unpaired) electrons. The van der Waals surface area contributed by atoms with Gasteiger partial charge in [-0.3, -0.25) is 4.79 Å². The van der Waals surface area contributed by atoms with Gasteiger partial charge in [0.15, 0.2) is 6.10 Å². The average molecular weight is 378 g/mol. The molecule has 1 atom stereocenters. The van der Waals surface area contributed by atoms with E-state index in [2.05, 4.69) is 5.32 Å². The topological polar surface area (TPSA) is 55.4 Å². The number of aryl methyl sites for hydroxylation is 2. The van der Waals surface area contributed by atoms with Gasteiger partial charge in [0.05, 0.1) is 0 Å². The number of hydrogen-bond acceptors (Lipinski definition) is 4. The summed E-state index contributed by atoms with van der Waals surface area (Å²) in [5.41, 5.74) is 1.83. The zero-order chi connectivity index (χ0) is 17.8. The van der Waals surface area contributed by atoms with Gasteiger partial charge in [-0.15, -0.1) is 11.3 Å². The van der Waals surface area contributed by atoms with Crippen LogP contribution in [0.1, 0.15) is 46.3 Å². The van der Waals surface area contributed by atoms with Crippen LogP contribution in [0.3, 0.4) is 0 Å². The van der Waals surface area contributed by atoms with Gasteiger partial charge in [-0.05, 0) is 61.9 Å². The van der Waals surface area contributed by atoms with Gasteiger partial charge in [0, 0.05) is 15.6 Å². The first-order valence-electron chi connectivity index (χ1n) is 8.46. The number of carbonyl (C=O) groups excluding carboxylic acids is 2. The van der Waals surface area contributed by atoms with Crippen LogP contribution in [0.25, 0.3) is 0 Å². The molecule has 25 heavy (non-hydrogen) atoms. The van der Waals surface area contributed by atoms with Crippen molar-refractivity contribution in [3.05, 3.63) is 50.7 Å². The van der Waals surface area contributed by atoms with Gasteiger partial charge in [0.1, 0.15) is 4.88 Å². The van der Waals surface area contributed by atoms with Gasteiger partial charge in [-0.1, -0.05) is 24.6 Å². The highest BCUT2D eigenvalue weighted by molar-refractivity contribution is 7.14. The van der Waals surface area contributed by atoms with Crippen molar-refractivity contribution in [1.82, 2.24) is 0 Å². The van der Waals surface area contributed by atoms with E-state index in [1.54, 1.807) is 24.3 Å². The molecule has 0 saturated carbocycles. The number of rotatable bonds is 5. The zero-order valence-electron chi connectivity index (χ0n) is 14.0. The minimum Gasteiger partial charge on any atom is -0.448 e. The maximum Gasteiger partial charge on any atom is 0.349 e. The average Bonchev–Trinajstić information content (AvgIpc) is 3.03. The van der Waals surface area contributed by atoms with E-state index in [1.807, 2.05) is 13.0 Å². The van der Waals surface area contributed by atoms with Crippen LogP contribution in [0.2, 0.25) is 5.02 Å². The van der Waals surface area contributed by atoms with Crippen LogP contribution in [0, 0.1) is 0 Å². The lowest BCUT2D eigenvalue weighted by Crippen LogP contribution is -2.31. The highest BCUT2D eigenvalue weighted by Gasteiger charge is 2.24. The van der Waals surface area contributed by atoms with Crippen molar-refractivity contribution >= 4 is 40.5 Å². The molecular weight excluding hydrogens is 358 g/mol. The largest absolute Gasteiger partial charge is 0.448 e. The number of esters is 1. The van der Waals surface area contributed by atoms with Crippen molar-refractivity contribution in [1.29, 1.82) is 0 Å². The van der Waals surface area contributed by atoms with E-state index in [-0.39, 0.29) is 5.91 Å². The standard InChI is InChI=1S/C19H20ClNO3S/c1-2-15(18(22)21-14-8-5-7-13(20)11-14)24-19(23)17-10-12-6-3-4-9-16(12)25-17/h5,7-8,10-11,15H,2-4,6,9H2,1H3,(H,21,22). The highest BCUT2D eigenvalue weighted by atomic mass is 35.5. The van der Waals surface area contributed by atoms with Crippen LogP contribution < -0.4 is 5.32 Å². The predicted octanol–water partition coefficient (Wildman–Crippen LogP) is 4.85. The van der Waals surface area contributed by atoms with Crippen LogP contribution in [-0.2, 0) is 22.4 Å². The Balaban J connectivity index is 1.65. The Morgan fingerprint density at radius 1 is 1.28 bits per heavy atom. The second-order valence-electron chi connectivity index (χ2n) is 6.07. The van der Waals surface area contributed by atoms with Crippen molar-refractivity contribution < 1.29 is 14.3 Å². The fourth-order valence-electron chi connectivity index (χ4n) is 2.89. The van der Waals surface area contributed by atoms with Gasteiger partial charge >= 0.3 is 5.97 Å². The summed E-state index contributed by atoms with van der Waals surface area (Å²) in [4.78, 5) is 26.7. The summed E-state index contributed by atoms with van der Waals surface area (Å²) in [6.07, 6.45) is 3.96. The second-order valence-corrected chi connectivity index (χ2v) is 7.64. The SMILES string of the molecule is CCC(OC(=O)c1cc2c(s1)CCCC2)C(=O)Nc1cccc(Cl)c1. The molecule has 0 fully saturated rings. The maximum atomic E-state index is 12.4. The molecule has 1 unspecified atom stereocenters. The summed E-state index contributed by atoms with van der Waals surface area (Å²) in [5.74, 6) is -0.771. The van der Waals surface area contributed by atoms with Crippen molar-refractivity contribution in [3.63, 3.8) is 0 Å². The number of ether oxygens (including phenoxy) is 1. The third-order valence-corrected chi connectivity index (χ3v) is 5.65. The minimum atomic E-state index is -0.828. The normalized spacial score (nSPS) is 14.5. The molecule has 0 saturated heterocycles. The molecule has 3 rings (SSSR count). The number of amides is 1. The smallest absolute Gasteiger partial charge is 0.349 e. The van der Waals surface area contributed by atoms with Crippen LogP contribution >= 0.6 is 22.9 Å². The van der Waals surface area contributed by atoms with Crippen LogP contribution in [0.15, 0.2) is 30.3 Å². The number of thiophene rings is 1. The Bertz CT molecular complexity index is 763. The molecule has 6 heteroatoms. The number of anilines is 1. The first-order valence-corrected chi connectivity index (χ1v) is 9.65. The van der Waals surface area contributed by atoms with Crippen molar-refractivity contribution in [2.45, 2.75) is 45.1 Å². The Kier molecular flexibility index (Phi) is 5.76. The van der Waals surface area contributed by atoms with Crippen LogP contribution in [-0.4, -0.2) is 18.0 Å². The molecule has 1 aromatic heterocycles. The molecular formula is C19H20ClNO3S. The monoisotopic (exact) mass is 377 g/mol. The number of benzene rings is 1. The van der Waals surface area contributed by atoms with Gasteiger partial charge < -0.3 is 10.1 Å². The minimum absolute atomic E-state index is 0.348. The van der Waals surface area contributed by atoms with E-state index in [1.165, 1.54) is 28.2 Å². The molecule has 1 aliphatic rings. The summed E-state index contributed by atoms with van der Waals surface area (Å²) >= 11 is 7.41. The Morgan fingerprint density at radius 3 is 2.80 bits per heavy atom. The van der Waals surface area contributed by atoms with Gasteiger partial charge in [0.2, 0.25) is 0 Å². The van der Waals surface area contributed by atoms with Crippen LogP contribution in [0.5, 0.6) is 0 Å². The van der Waals surface area contributed by atoms with Gasteiger partial charge in [0.25, 0.3) is 5.91 Å². The fourth-order valence-corrected chi connectivity index (χ4v) is 4.22. The second kappa shape index (κ2) is 8.02. The van der Waals surface area contributed by atoms with Crippen molar-refractivity contribution in [3.8, 4) is 0 Å². The summed E-state index contributed by atoms with van der Waals surface area (Å²) in [6.45, 7) is 1.81. The molecule has 132 valence electrons. The number of carbonyl (C=O) groups is 2. The molecule has 4 nitrogen and oxygen atoms in total. The summed E-state index contributed by atoms with van der Waals surface area (Å²) in [6, 6.07) is 8.80. The molecule has 1 heterocycles. The summed E-state index contributed by atoms with van der Waals surface area (Å²) < 4.78 is 5.45. The van der Waals surface area contributed by atoms with Gasteiger partial charge in [-0.2, -0.15) is 0 Å². The molecule has 0 spiro atoms. The van der Waals surface area contributed by atoms with E-state index in [0.717, 1.165) is 19.3 Å². The van der Waals surface area contributed by atoms with Crippen molar-refractivity contribution in [2.24, 2.45) is 0 Å². The first-order chi connectivity index (χ1) is 12.1. The quantitative estimate of drug-likeness (QED) is 0.757. The van der Waals surface area contributed by atoms with Crippen molar-refractivity contribution in [2.75, 3.05) is 5.32 Å². The molecule has 1 amide bonds. The number of nitrogens with one attached hydrogen (secondary N) is 1. The number of halogens is 1. The molecule has 2 aromatic rings. The molecule has 0 aliphatic heterocycles.